The molecular formula is C17H14Cl2N2O. The van der Waals surface area contributed by atoms with Gasteiger partial charge in [0.15, 0.2) is 5.78 Å². The van der Waals surface area contributed by atoms with Crippen LogP contribution in [0.25, 0.3) is 0 Å². The van der Waals surface area contributed by atoms with Crippen LogP contribution in [0.15, 0.2) is 34.5 Å². The lowest BCUT2D eigenvalue weighted by molar-refractivity contribution is -0.116. The van der Waals surface area contributed by atoms with E-state index in [2.05, 4.69) is 11.1 Å². The first-order valence-corrected chi connectivity index (χ1v) is 7.94. The number of rotatable bonds is 1. The fraction of sp³-hybridized carbons (Fsp3) is 0.353. The van der Waals surface area contributed by atoms with Crippen molar-refractivity contribution in [1.29, 1.82) is 5.26 Å². The Morgan fingerprint density at radius 2 is 2.09 bits per heavy atom. The van der Waals surface area contributed by atoms with Crippen molar-refractivity contribution in [3.8, 4) is 6.07 Å². The van der Waals surface area contributed by atoms with Crippen molar-refractivity contribution < 1.29 is 4.79 Å². The predicted molar refractivity (Wildman–Crippen MR) is 87.3 cm³/mol. The first-order chi connectivity index (χ1) is 10.5. The topological polar surface area (TPSA) is 53.2 Å². The Hall–Kier alpha value is -1.63. The summed E-state index contributed by atoms with van der Waals surface area (Å²) in [6.07, 6.45) is 2.10. The highest BCUT2D eigenvalue weighted by molar-refractivity contribution is 6.35. The first-order valence-electron chi connectivity index (χ1n) is 7.19. The highest BCUT2D eigenvalue weighted by Crippen LogP contribution is 2.45. The molecular weight excluding hydrogens is 319 g/mol. The summed E-state index contributed by atoms with van der Waals surface area (Å²) in [5.41, 5.74) is 2.99. The molecule has 0 fully saturated rings. The van der Waals surface area contributed by atoms with Crippen LogP contribution in [0, 0.1) is 17.2 Å². The van der Waals surface area contributed by atoms with E-state index in [1.165, 1.54) is 0 Å². The van der Waals surface area contributed by atoms with Gasteiger partial charge in [0.2, 0.25) is 0 Å². The van der Waals surface area contributed by atoms with Crippen molar-refractivity contribution in [1.82, 2.24) is 0 Å². The summed E-state index contributed by atoms with van der Waals surface area (Å²) in [7, 11) is 0. The first kappa shape index (κ1) is 15.3. The van der Waals surface area contributed by atoms with Crippen molar-refractivity contribution in [2.45, 2.75) is 32.1 Å². The fourth-order valence-electron chi connectivity index (χ4n) is 3.26. The SMILES string of the molecule is CC1=NC2=C(C(=O)CCC2)[C@@H](c2ccc(Cl)cc2Cl)C1C#N. The number of carbonyl (C=O) groups is 1. The van der Waals surface area contributed by atoms with E-state index >= 15 is 0 Å². The average Bonchev–Trinajstić information content (AvgIpc) is 2.46. The molecule has 2 atom stereocenters. The van der Waals surface area contributed by atoms with Crippen molar-refractivity contribution in [2.24, 2.45) is 10.9 Å². The zero-order chi connectivity index (χ0) is 15.9. The van der Waals surface area contributed by atoms with E-state index in [-0.39, 0.29) is 11.7 Å². The lowest BCUT2D eigenvalue weighted by atomic mass is 9.72. The number of nitriles is 1. The van der Waals surface area contributed by atoms with Crippen molar-refractivity contribution >= 4 is 34.7 Å². The number of allylic oxidation sites excluding steroid dienone is 2. The third-order valence-electron chi connectivity index (χ3n) is 4.27. The Bertz CT molecular complexity index is 758. The molecule has 0 aromatic heterocycles. The van der Waals surface area contributed by atoms with Crippen LogP contribution in [-0.2, 0) is 4.79 Å². The molecule has 0 bridgehead atoms. The van der Waals surface area contributed by atoms with E-state index in [9.17, 15) is 10.1 Å². The van der Waals surface area contributed by atoms with Gasteiger partial charge in [-0.3, -0.25) is 9.79 Å². The van der Waals surface area contributed by atoms with Gasteiger partial charge in [-0.05, 0) is 37.5 Å². The number of hydrogen-bond acceptors (Lipinski definition) is 3. The minimum atomic E-state index is -0.473. The molecule has 3 nitrogen and oxygen atoms in total. The maximum atomic E-state index is 12.5. The summed E-state index contributed by atoms with van der Waals surface area (Å²) in [6.45, 7) is 1.84. The molecule has 0 N–H and O–H groups in total. The summed E-state index contributed by atoms with van der Waals surface area (Å²) >= 11 is 12.3. The largest absolute Gasteiger partial charge is 0.294 e. The minimum Gasteiger partial charge on any atom is -0.294 e. The highest BCUT2D eigenvalue weighted by Gasteiger charge is 2.39. The molecule has 5 heteroatoms. The Kier molecular flexibility index (Phi) is 4.08. The Balaban J connectivity index is 2.21. The third-order valence-corrected chi connectivity index (χ3v) is 4.83. The lowest BCUT2D eigenvalue weighted by Crippen LogP contribution is -2.30. The number of benzene rings is 1. The van der Waals surface area contributed by atoms with Crippen molar-refractivity contribution in [3.63, 3.8) is 0 Å². The molecule has 1 aliphatic carbocycles. The normalized spacial score (nSPS) is 24.6. The molecule has 0 amide bonds. The van der Waals surface area contributed by atoms with Gasteiger partial charge < -0.3 is 0 Å². The van der Waals surface area contributed by atoms with Crippen molar-refractivity contribution in [3.05, 3.63) is 45.1 Å². The fourth-order valence-corrected chi connectivity index (χ4v) is 3.79. The van der Waals surface area contributed by atoms with Gasteiger partial charge in [-0.25, -0.2) is 0 Å². The molecule has 112 valence electrons. The van der Waals surface area contributed by atoms with E-state index in [4.69, 9.17) is 23.2 Å². The molecule has 2 aliphatic rings. The standard InChI is InChI=1S/C17H14Cl2N2O/c1-9-12(8-20)16(11-6-5-10(18)7-13(11)19)17-14(21-9)3-2-4-15(17)22/h5-7,12,16H,2-4H2,1H3/t12?,16-/m0/s1. The number of hydrogen-bond donors (Lipinski definition) is 0. The number of nitrogens with zero attached hydrogens (tertiary/aromatic N) is 2. The Morgan fingerprint density at radius 3 is 2.77 bits per heavy atom. The minimum absolute atomic E-state index is 0.0776. The molecule has 0 spiro atoms. The van der Waals surface area contributed by atoms with Crippen LogP contribution in [0.5, 0.6) is 0 Å². The molecule has 0 saturated carbocycles. The van der Waals surface area contributed by atoms with Gasteiger partial charge >= 0.3 is 0 Å². The number of ketones is 1. The van der Waals surface area contributed by atoms with Crippen molar-refractivity contribution in [2.75, 3.05) is 0 Å². The van der Waals surface area contributed by atoms with Crippen LogP contribution in [0.2, 0.25) is 10.0 Å². The van der Waals surface area contributed by atoms with E-state index < -0.39 is 5.92 Å². The zero-order valence-electron chi connectivity index (χ0n) is 12.1. The quantitative estimate of drug-likeness (QED) is 0.748. The monoisotopic (exact) mass is 332 g/mol. The molecule has 22 heavy (non-hydrogen) atoms. The third kappa shape index (κ3) is 2.47. The highest BCUT2D eigenvalue weighted by atomic mass is 35.5. The Morgan fingerprint density at radius 1 is 1.32 bits per heavy atom. The van der Waals surface area contributed by atoms with Gasteiger partial charge in [-0.1, -0.05) is 29.3 Å². The maximum Gasteiger partial charge on any atom is 0.161 e. The van der Waals surface area contributed by atoms with Gasteiger partial charge in [0, 0.05) is 39.4 Å². The van der Waals surface area contributed by atoms with E-state index in [1.807, 2.05) is 13.0 Å². The van der Waals surface area contributed by atoms with Gasteiger partial charge in [-0.2, -0.15) is 5.26 Å². The predicted octanol–water partition coefficient (Wildman–Crippen LogP) is 4.70. The second-order valence-electron chi connectivity index (χ2n) is 5.64. The number of Topliss-reactive ketones (excluding diaryl/α,β-unsaturated/α-hetero) is 1. The van der Waals surface area contributed by atoms with Gasteiger partial charge in [0.1, 0.15) is 0 Å². The van der Waals surface area contributed by atoms with E-state index in [1.54, 1.807) is 12.1 Å². The molecule has 3 rings (SSSR count). The number of carbonyl (C=O) groups excluding carboxylic acids is 1. The summed E-state index contributed by atoms with van der Waals surface area (Å²) in [5.74, 6) is -0.747. The summed E-state index contributed by atoms with van der Waals surface area (Å²) in [6, 6.07) is 7.50. The summed E-state index contributed by atoms with van der Waals surface area (Å²) in [5, 5.41) is 10.6. The molecule has 1 heterocycles. The second-order valence-corrected chi connectivity index (χ2v) is 6.48. The van der Waals surface area contributed by atoms with Crippen LogP contribution in [0.1, 0.15) is 37.7 Å². The van der Waals surface area contributed by atoms with Gasteiger partial charge in [0.05, 0.1) is 12.0 Å². The van der Waals surface area contributed by atoms with Gasteiger partial charge in [0.25, 0.3) is 0 Å². The molecule has 1 aliphatic heterocycles. The Labute approximate surface area is 139 Å². The molecule has 0 radical (unpaired) electrons. The summed E-state index contributed by atoms with van der Waals surface area (Å²) in [4.78, 5) is 17.0. The number of aliphatic imine (C=N–C) groups is 1. The summed E-state index contributed by atoms with van der Waals surface area (Å²) < 4.78 is 0. The van der Waals surface area contributed by atoms with E-state index in [0.717, 1.165) is 29.8 Å². The lowest BCUT2D eigenvalue weighted by Gasteiger charge is -2.32. The second kappa shape index (κ2) is 5.87. The molecule has 1 unspecified atom stereocenters. The van der Waals surface area contributed by atoms with Crippen LogP contribution in [0.3, 0.4) is 0 Å². The van der Waals surface area contributed by atoms with E-state index in [0.29, 0.717) is 22.0 Å². The average molecular weight is 333 g/mol. The molecule has 1 aromatic rings. The van der Waals surface area contributed by atoms with Crippen LogP contribution < -0.4 is 0 Å². The van der Waals surface area contributed by atoms with Gasteiger partial charge in [-0.15, -0.1) is 0 Å². The molecule has 1 aromatic carbocycles. The zero-order valence-corrected chi connectivity index (χ0v) is 13.6. The van der Waals surface area contributed by atoms with Crippen LogP contribution >= 0.6 is 23.2 Å². The maximum absolute atomic E-state index is 12.5. The molecule has 0 saturated heterocycles. The van der Waals surface area contributed by atoms with Crippen LogP contribution in [-0.4, -0.2) is 11.5 Å². The number of halogens is 2. The smallest absolute Gasteiger partial charge is 0.161 e. The van der Waals surface area contributed by atoms with Crippen LogP contribution in [0.4, 0.5) is 0 Å².